The molecule has 0 aliphatic heterocycles. The van der Waals surface area contributed by atoms with E-state index in [9.17, 15) is 18.0 Å². The summed E-state index contributed by atoms with van der Waals surface area (Å²) in [6.45, 7) is -0.0964. The molecule has 10 nitrogen and oxygen atoms in total. The van der Waals surface area contributed by atoms with Gasteiger partial charge in [0.15, 0.2) is 11.5 Å². The van der Waals surface area contributed by atoms with Gasteiger partial charge in [-0.2, -0.15) is 8.42 Å². The van der Waals surface area contributed by atoms with Crippen molar-refractivity contribution in [3.8, 4) is 0 Å². The van der Waals surface area contributed by atoms with Crippen molar-refractivity contribution in [2.45, 2.75) is 6.42 Å². The lowest BCUT2D eigenvalue weighted by Gasteiger charge is -2.16. The number of hydroxylamine groups is 1. The summed E-state index contributed by atoms with van der Waals surface area (Å²) < 4.78 is 41.5. The smallest absolute Gasteiger partial charge is 0.274 e. The SMILES string of the molecule is N=C(c1nonc1CCNS(N)(=O)=O)N(O)c1ccc(F)c(Br)c1. The molecule has 0 amide bonds. The molecule has 2 rings (SSSR count). The Balaban J connectivity index is 2.15. The van der Waals surface area contributed by atoms with Gasteiger partial charge in [0.1, 0.15) is 11.5 Å². The molecule has 130 valence electrons. The number of amidine groups is 1. The first-order valence-electron chi connectivity index (χ1n) is 6.31. The zero-order valence-corrected chi connectivity index (χ0v) is 14.3. The predicted molar refractivity (Wildman–Crippen MR) is 84.3 cm³/mol. The molecule has 0 aliphatic carbocycles. The Labute approximate surface area is 144 Å². The summed E-state index contributed by atoms with van der Waals surface area (Å²) in [6.07, 6.45) is 0.0264. The van der Waals surface area contributed by atoms with E-state index in [0.717, 1.165) is 6.07 Å². The molecule has 1 heterocycles. The average molecular weight is 423 g/mol. The maximum atomic E-state index is 13.2. The Hall–Kier alpha value is -1.93. The number of hydrogen-bond acceptors (Lipinski definition) is 7. The van der Waals surface area contributed by atoms with Crippen molar-refractivity contribution in [2.75, 3.05) is 11.6 Å². The molecular formula is C11H12BrFN6O4S. The molecule has 0 radical (unpaired) electrons. The van der Waals surface area contributed by atoms with Gasteiger partial charge < -0.3 is 0 Å². The third-order valence-electron chi connectivity index (χ3n) is 2.81. The lowest BCUT2D eigenvalue weighted by Crippen LogP contribution is -2.33. The number of hydrogen-bond donors (Lipinski definition) is 4. The molecule has 0 aliphatic rings. The fraction of sp³-hybridized carbons (Fsp3) is 0.182. The number of nitrogens with zero attached hydrogens (tertiary/aromatic N) is 3. The Morgan fingerprint density at radius 3 is 2.83 bits per heavy atom. The lowest BCUT2D eigenvalue weighted by molar-refractivity contribution is 0.298. The molecule has 13 heteroatoms. The lowest BCUT2D eigenvalue weighted by atomic mass is 10.2. The number of aromatic nitrogens is 2. The van der Waals surface area contributed by atoms with Crippen LogP contribution >= 0.6 is 15.9 Å². The van der Waals surface area contributed by atoms with Crippen LogP contribution in [-0.4, -0.2) is 36.3 Å². The largest absolute Gasteiger partial charge is 0.282 e. The number of nitrogens with two attached hydrogens (primary N) is 1. The minimum Gasteiger partial charge on any atom is -0.282 e. The molecule has 24 heavy (non-hydrogen) atoms. The predicted octanol–water partition coefficient (Wildman–Crippen LogP) is 0.528. The zero-order valence-electron chi connectivity index (χ0n) is 11.9. The number of anilines is 1. The summed E-state index contributed by atoms with van der Waals surface area (Å²) in [5.41, 5.74) is 0.135. The molecule has 5 N–H and O–H groups in total. The van der Waals surface area contributed by atoms with Gasteiger partial charge in [0.05, 0.1) is 10.2 Å². The number of benzene rings is 1. The van der Waals surface area contributed by atoms with Crippen molar-refractivity contribution >= 4 is 37.7 Å². The van der Waals surface area contributed by atoms with E-state index in [1.165, 1.54) is 12.1 Å². The van der Waals surface area contributed by atoms with Crippen LogP contribution < -0.4 is 14.9 Å². The fourth-order valence-corrected chi connectivity index (χ4v) is 2.46. The molecule has 1 aromatic carbocycles. The average Bonchev–Trinajstić information content (AvgIpc) is 2.95. The summed E-state index contributed by atoms with van der Waals surface area (Å²) in [6, 6.07) is 3.62. The summed E-state index contributed by atoms with van der Waals surface area (Å²) in [5, 5.41) is 30.4. The minimum absolute atomic E-state index is 0.0264. The summed E-state index contributed by atoms with van der Waals surface area (Å²) >= 11 is 2.97. The number of rotatable bonds is 6. The second-order valence-corrected chi connectivity index (χ2v) is 6.74. The highest BCUT2D eigenvalue weighted by Gasteiger charge is 2.21. The van der Waals surface area contributed by atoms with Crippen LogP contribution in [0.3, 0.4) is 0 Å². The van der Waals surface area contributed by atoms with E-state index in [1.54, 1.807) is 0 Å². The van der Waals surface area contributed by atoms with Gasteiger partial charge in [0.2, 0.25) is 0 Å². The van der Waals surface area contributed by atoms with Crippen LogP contribution in [0.15, 0.2) is 27.3 Å². The van der Waals surface area contributed by atoms with Crippen LogP contribution in [0.25, 0.3) is 0 Å². The van der Waals surface area contributed by atoms with E-state index in [1.807, 2.05) is 4.72 Å². The number of halogens is 2. The normalized spacial score (nSPS) is 11.5. The van der Waals surface area contributed by atoms with E-state index in [2.05, 4.69) is 30.9 Å². The molecule has 0 saturated heterocycles. The maximum absolute atomic E-state index is 13.2. The van der Waals surface area contributed by atoms with Crippen LogP contribution in [-0.2, 0) is 16.6 Å². The van der Waals surface area contributed by atoms with Crippen LogP contribution in [0.4, 0.5) is 10.1 Å². The minimum atomic E-state index is -3.86. The third kappa shape index (κ3) is 4.55. The third-order valence-corrected chi connectivity index (χ3v) is 4.02. The Kier molecular flexibility index (Phi) is 5.61. The van der Waals surface area contributed by atoms with E-state index < -0.39 is 21.9 Å². The van der Waals surface area contributed by atoms with Crippen molar-refractivity contribution in [2.24, 2.45) is 5.14 Å². The number of nitrogens with one attached hydrogen (secondary N) is 2. The van der Waals surface area contributed by atoms with E-state index >= 15 is 0 Å². The quantitative estimate of drug-likeness (QED) is 0.300. The van der Waals surface area contributed by atoms with Crippen molar-refractivity contribution in [3.63, 3.8) is 0 Å². The molecule has 0 fully saturated rings. The Bertz CT molecular complexity index is 858. The van der Waals surface area contributed by atoms with Crippen LogP contribution in [0.5, 0.6) is 0 Å². The molecule has 2 aromatic rings. The first kappa shape index (κ1) is 18.4. The highest BCUT2D eigenvalue weighted by Crippen LogP contribution is 2.23. The molecule has 0 unspecified atom stereocenters. The van der Waals surface area contributed by atoms with Crippen molar-refractivity contribution in [1.82, 2.24) is 15.0 Å². The van der Waals surface area contributed by atoms with Gasteiger partial charge in [0, 0.05) is 13.0 Å². The standard InChI is InChI=1S/C11H12BrFN6O4S/c12-7-5-6(1-2-8(7)13)19(20)11(14)10-9(17-23-18-10)3-4-16-24(15,21)22/h1-2,5,14,16,20H,3-4H2,(H2,15,21,22). The highest BCUT2D eigenvalue weighted by atomic mass is 79.9. The Morgan fingerprint density at radius 1 is 1.50 bits per heavy atom. The van der Waals surface area contributed by atoms with Crippen LogP contribution in [0.2, 0.25) is 0 Å². The van der Waals surface area contributed by atoms with Gasteiger partial charge in [-0.15, -0.1) is 0 Å². The van der Waals surface area contributed by atoms with Crippen molar-refractivity contribution in [3.05, 3.63) is 39.9 Å². The van der Waals surface area contributed by atoms with Gasteiger partial charge >= 0.3 is 0 Å². The maximum Gasteiger partial charge on any atom is 0.274 e. The molecule has 0 saturated carbocycles. The van der Waals surface area contributed by atoms with E-state index in [-0.39, 0.29) is 34.5 Å². The van der Waals surface area contributed by atoms with E-state index in [4.69, 9.17) is 10.5 Å². The zero-order chi connectivity index (χ0) is 17.9. The van der Waals surface area contributed by atoms with Gasteiger partial charge in [0.25, 0.3) is 10.2 Å². The second-order valence-electron chi connectivity index (χ2n) is 4.51. The van der Waals surface area contributed by atoms with Crippen molar-refractivity contribution in [1.29, 1.82) is 5.41 Å². The monoisotopic (exact) mass is 422 g/mol. The molecule has 0 atom stereocenters. The molecular weight excluding hydrogens is 411 g/mol. The van der Waals surface area contributed by atoms with Crippen LogP contribution in [0, 0.1) is 11.2 Å². The second kappa shape index (κ2) is 7.31. The summed E-state index contributed by atoms with van der Waals surface area (Å²) in [7, 11) is -3.86. The highest BCUT2D eigenvalue weighted by molar-refractivity contribution is 9.10. The molecule has 0 spiro atoms. The van der Waals surface area contributed by atoms with E-state index in [0.29, 0.717) is 5.06 Å². The topological polar surface area (TPSA) is 158 Å². The molecule has 1 aromatic heterocycles. The first-order chi connectivity index (χ1) is 11.2. The van der Waals surface area contributed by atoms with Crippen molar-refractivity contribution < 1.29 is 22.6 Å². The first-order valence-corrected chi connectivity index (χ1v) is 8.65. The summed E-state index contributed by atoms with van der Waals surface area (Å²) in [5.74, 6) is -1.02. The van der Waals surface area contributed by atoms with Gasteiger partial charge in [-0.25, -0.2) is 23.9 Å². The fourth-order valence-electron chi connectivity index (χ4n) is 1.71. The van der Waals surface area contributed by atoms with Gasteiger partial charge in [-0.3, -0.25) is 10.6 Å². The Morgan fingerprint density at radius 2 is 2.21 bits per heavy atom. The summed E-state index contributed by atoms with van der Waals surface area (Å²) in [4.78, 5) is 0. The molecule has 0 bridgehead atoms. The van der Waals surface area contributed by atoms with Gasteiger partial charge in [-0.1, -0.05) is 5.16 Å². The van der Waals surface area contributed by atoms with Crippen LogP contribution in [0.1, 0.15) is 11.4 Å². The van der Waals surface area contributed by atoms with Gasteiger partial charge in [-0.05, 0) is 39.3 Å².